The molecule has 6 heteroatoms. The minimum absolute atomic E-state index is 0. The molecule has 0 unspecified atom stereocenters. The molecule has 0 amide bonds. The zero-order valence-corrected chi connectivity index (χ0v) is 11.7. The summed E-state index contributed by atoms with van der Waals surface area (Å²) in [6.07, 6.45) is 10.2. The Balaban J connectivity index is 0.000000507. The third kappa shape index (κ3) is 8.15. The summed E-state index contributed by atoms with van der Waals surface area (Å²) < 4.78 is 39.1. The van der Waals surface area contributed by atoms with Gasteiger partial charge in [0.1, 0.15) is 0 Å². The van der Waals surface area contributed by atoms with Crippen LogP contribution in [0.1, 0.15) is 6.92 Å². The Bertz CT molecular complexity index is 270. The summed E-state index contributed by atoms with van der Waals surface area (Å²) in [7, 11) is 0. The van der Waals surface area contributed by atoms with E-state index in [4.69, 9.17) is 0 Å². The van der Waals surface area contributed by atoms with Crippen molar-refractivity contribution in [2.45, 2.75) is 13.1 Å². The molecule has 10 radical (unpaired) electrons. The maximum atomic E-state index is 11.7. The van der Waals surface area contributed by atoms with Crippen LogP contribution in [-0.4, -0.2) is 18.8 Å². The molecule has 0 N–H and O–H groups in total. The Hall–Kier alpha value is -0.221. The molecule has 0 spiro atoms. The van der Waals surface area contributed by atoms with Crippen molar-refractivity contribution in [2.24, 2.45) is 0 Å². The second-order valence-corrected chi connectivity index (χ2v) is 3.78. The van der Waals surface area contributed by atoms with Gasteiger partial charge >= 0.3 is 29.2 Å². The smallest absolute Gasteiger partial charge is 0.456 e. The summed E-state index contributed by atoms with van der Waals surface area (Å²) in [5.74, 6) is -0.156. The topological polar surface area (TPSA) is 26.3 Å². The van der Waals surface area contributed by atoms with E-state index in [2.05, 4.69) is 4.74 Å². The second kappa shape index (κ2) is 9.67. The third-order valence-corrected chi connectivity index (χ3v) is 2.18. The number of alkyl halides is 3. The molecule has 2 aliphatic rings. The van der Waals surface area contributed by atoms with Crippen LogP contribution < -0.4 is 0 Å². The van der Waals surface area contributed by atoms with Crippen LogP contribution in [0.4, 0.5) is 13.2 Å². The van der Waals surface area contributed by atoms with Crippen LogP contribution in [-0.2, 0) is 26.6 Å². The monoisotopic (exact) mass is 326 g/mol. The van der Waals surface area contributed by atoms with Crippen LogP contribution in [0.5, 0.6) is 0 Å². The molecule has 0 saturated heterocycles. The predicted molar refractivity (Wildman–Crippen MR) is 63.6 cm³/mol. The quantitative estimate of drug-likeness (QED) is 0.576. The number of carbonyl (C=O) groups is 1. The molecule has 0 aromatic rings. The molecular formula is C14H13F3FeO2+2. The van der Waals surface area contributed by atoms with Gasteiger partial charge in [-0.3, -0.25) is 4.79 Å². The van der Waals surface area contributed by atoms with Gasteiger partial charge in [-0.25, -0.2) is 0 Å². The Labute approximate surface area is 129 Å². The van der Waals surface area contributed by atoms with Gasteiger partial charge in [0.25, 0.3) is 0 Å². The zero-order chi connectivity index (χ0) is 14.3. The van der Waals surface area contributed by atoms with Crippen LogP contribution in [0.25, 0.3) is 0 Å². The fourth-order valence-corrected chi connectivity index (χ4v) is 1.28. The number of halogens is 3. The molecule has 0 aromatic carbocycles. The van der Waals surface area contributed by atoms with Crippen LogP contribution in [0, 0.1) is 63.2 Å². The van der Waals surface area contributed by atoms with Crippen molar-refractivity contribution in [1.82, 2.24) is 0 Å². The van der Waals surface area contributed by atoms with Gasteiger partial charge in [0.05, 0.1) is 5.92 Å². The van der Waals surface area contributed by atoms with Crippen LogP contribution in [0.3, 0.4) is 0 Å². The number of carbonyl (C=O) groups excluding carboxylic acids is 1. The molecule has 0 heterocycles. The van der Waals surface area contributed by atoms with E-state index in [1.807, 2.05) is 32.1 Å². The van der Waals surface area contributed by atoms with E-state index in [-0.39, 0.29) is 23.0 Å². The summed E-state index contributed by atoms with van der Waals surface area (Å²) >= 11 is 0. The van der Waals surface area contributed by atoms with E-state index in [9.17, 15) is 18.0 Å². The van der Waals surface area contributed by atoms with Crippen LogP contribution >= 0.6 is 0 Å². The van der Waals surface area contributed by atoms with Crippen molar-refractivity contribution >= 4 is 5.97 Å². The second-order valence-electron chi connectivity index (χ2n) is 3.78. The summed E-state index contributed by atoms with van der Waals surface area (Å²) in [4.78, 5) is 11.1. The van der Waals surface area contributed by atoms with Crippen LogP contribution in [0.2, 0.25) is 0 Å². The van der Waals surface area contributed by atoms with E-state index in [0.29, 0.717) is 5.92 Å². The van der Waals surface area contributed by atoms with Gasteiger partial charge in [-0.05, 0) is 57.3 Å². The van der Waals surface area contributed by atoms with Crippen molar-refractivity contribution < 1.29 is 39.8 Å². The molecule has 108 valence electrons. The van der Waals surface area contributed by atoms with Crippen molar-refractivity contribution in [3.8, 4) is 0 Å². The van der Waals surface area contributed by atoms with Gasteiger partial charge < -0.3 is 4.74 Å². The summed E-state index contributed by atoms with van der Waals surface area (Å²) in [6.45, 7) is 0.0840. The van der Waals surface area contributed by atoms with E-state index >= 15 is 0 Å². The first-order valence-electron chi connectivity index (χ1n) is 5.53. The number of hydrogen-bond donors (Lipinski definition) is 0. The van der Waals surface area contributed by atoms with Crippen molar-refractivity contribution in [2.75, 3.05) is 6.61 Å². The first-order chi connectivity index (χ1) is 8.90. The Morgan fingerprint density at radius 1 is 1.05 bits per heavy atom. The predicted octanol–water partition coefficient (Wildman–Crippen LogP) is 2.91. The van der Waals surface area contributed by atoms with Gasteiger partial charge in [0, 0.05) is 0 Å². The molecule has 2 saturated carbocycles. The number of esters is 1. The molecule has 0 atom stereocenters. The van der Waals surface area contributed by atoms with E-state index in [0.717, 1.165) is 0 Å². The molecule has 0 bridgehead atoms. The molecular weight excluding hydrogens is 313 g/mol. The molecule has 2 aliphatic carbocycles. The average Bonchev–Trinajstić information content (AvgIpc) is 2.98. The Kier molecular flexibility index (Phi) is 9.56. The first-order valence-corrected chi connectivity index (χ1v) is 5.53. The van der Waals surface area contributed by atoms with Gasteiger partial charge in [0.2, 0.25) is 0 Å². The maximum absolute atomic E-state index is 11.7. The summed E-state index contributed by atoms with van der Waals surface area (Å²) in [5, 5.41) is 0. The molecule has 2 rings (SSSR count). The third-order valence-electron chi connectivity index (χ3n) is 2.18. The largest absolute Gasteiger partial charge is 2.00 e. The fourth-order valence-electron chi connectivity index (χ4n) is 1.28. The Morgan fingerprint density at radius 2 is 1.55 bits per heavy atom. The molecule has 2 nitrogen and oxygen atoms in total. The Morgan fingerprint density at radius 3 is 1.90 bits per heavy atom. The molecule has 20 heavy (non-hydrogen) atoms. The standard InChI is InChI=1S/C9H8F3O2.C5H5.Fe/c1-6-3-2-4-7(6)8(13)14-5-9(10,11)12;1-2-4-5-3-1;/h2-4H,5H2,1H3;1-5H;/q;;+2. The maximum Gasteiger partial charge on any atom is 2.00 e. The molecule has 2 fully saturated rings. The minimum Gasteiger partial charge on any atom is -0.456 e. The van der Waals surface area contributed by atoms with E-state index in [1.54, 1.807) is 19.8 Å². The summed E-state index contributed by atoms with van der Waals surface area (Å²) in [6, 6.07) is 0. The SMILES string of the molecule is C[C]1[CH][CH][CH][C]1C(=O)OCC(F)(F)F.[CH]1[CH][CH][CH][CH]1.[Fe+2]. The number of ether oxygens (including phenoxy) is 1. The fraction of sp³-hybridized carbons (Fsp3) is 0.214. The van der Waals surface area contributed by atoms with E-state index < -0.39 is 18.8 Å². The first kappa shape index (κ1) is 19.8. The van der Waals surface area contributed by atoms with Crippen molar-refractivity contribution in [3.05, 3.63) is 63.2 Å². The van der Waals surface area contributed by atoms with Crippen LogP contribution in [0.15, 0.2) is 0 Å². The molecule has 0 aliphatic heterocycles. The zero-order valence-electron chi connectivity index (χ0n) is 10.6. The van der Waals surface area contributed by atoms with Gasteiger partial charge in [-0.15, -0.1) is 0 Å². The van der Waals surface area contributed by atoms with Crippen molar-refractivity contribution in [1.29, 1.82) is 0 Å². The van der Waals surface area contributed by atoms with Crippen molar-refractivity contribution in [3.63, 3.8) is 0 Å². The number of hydrogen-bond acceptors (Lipinski definition) is 2. The van der Waals surface area contributed by atoms with Gasteiger partial charge in [-0.2, -0.15) is 13.2 Å². The normalized spacial score (nSPS) is 20.0. The minimum atomic E-state index is -4.48. The van der Waals surface area contributed by atoms with Gasteiger partial charge in [0.15, 0.2) is 6.61 Å². The molecule has 0 aromatic heterocycles. The number of rotatable bonds is 2. The average molecular weight is 326 g/mol. The van der Waals surface area contributed by atoms with E-state index in [1.165, 1.54) is 6.42 Å². The van der Waals surface area contributed by atoms with Gasteiger partial charge in [-0.1, -0.05) is 6.92 Å². The summed E-state index contributed by atoms with van der Waals surface area (Å²) in [5.41, 5.74) is 0.